The highest BCUT2D eigenvalue weighted by atomic mass is 14.9. The van der Waals surface area contributed by atoms with E-state index < -0.39 is 0 Å². The lowest BCUT2D eigenvalue weighted by atomic mass is 9.92. The molecule has 0 bridgehead atoms. The average Bonchev–Trinajstić information content (AvgIpc) is 2.49. The molecule has 0 fully saturated rings. The molecule has 0 amide bonds. The lowest BCUT2D eigenvalue weighted by Gasteiger charge is -2.20. The van der Waals surface area contributed by atoms with Gasteiger partial charge in [0, 0.05) is 6.54 Å². The number of benzene rings is 2. The van der Waals surface area contributed by atoms with Crippen molar-refractivity contribution in [3.63, 3.8) is 0 Å². The third kappa shape index (κ3) is 3.05. The smallest absolute Gasteiger partial charge is 0.0208 e. The van der Waals surface area contributed by atoms with Crippen molar-refractivity contribution in [2.24, 2.45) is 0 Å². The van der Waals surface area contributed by atoms with Crippen molar-refractivity contribution in [2.75, 3.05) is 6.54 Å². The number of nitrogens with one attached hydrogen (secondary N) is 1. The molecule has 0 spiro atoms. The first-order chi connectivity index (χ1) is 9.43. The topological polar surface area (TPSA) is 12.0 Å². The van der Waals surface area contributed by atoms with Crippen LogP contribution in [0.5, 0.6) is 0 Å². The van der Waals surface area contributed by atoms with Gasteiger partial charge in [-0.15, -0.1) is 0 Å². The number of hydrogen-bond donors (Lipinski definition) is 1. The molecule has 1 heteroatoms. The van der Waals surface area contributed by atoms with Gasteiger partial charge in [-0.05, 0) is 54.5 Å². The first-order valence-corrected chi connectivity index (χ1v) is 7.28. The predicted molar refractivity (Wildman–Crippen MR) is 80.3 cm³/mol. The van der Waals surface area contributed by atoms with Crippen LogP contribution in [0.25, 0.3) is 0 Å². The Bertz CT molecular complexity index is 531. The van der Waals surface area contributed by atoms with Gasteiger partial charge in [-0.1, -0.05) is 48.5 Å². The molecular weight excluding hydrogens is 230 g/mol. The first kappa shape index (κ1) is 12.4. The van der Waals surface area contributed by atoms with Crippen molar-refractivity contribution < 1.29 is 0 Å². The minimum atomic E-state index is 1.04. The molecule has 0 saturated carbocycles. The van der Waals surface area contributed by atoms with Crippen LogP contribution in [0.1, 0.15) is 28.7 Å². The normalized spacial score (nSPS) is 14.1. The zero-order valence-electron chi connectivity index (χ0n) is 11.4. The van der Waals surface area contributed by atoms with Crippen LogP contribution in [0.3, 0.4) is 0 Å². The molecule has 0 unspecified atom stereocenters. The van der Waals surface area contributed by atoms with Crippen molar-refractivity contribution in [1.29, 1.82) is 0 Å². The van der Waals surface area contributed by atoms with Crippen LogP contribution in [0.2, 0.25) is 0 Å². The summed E-state index contributed by atoms with van der Waals surface area (Å²) in [4.78, 5) is 0. The summed E-state index contributed by atoms with van der Waals surface area (Å²) in [6.45, 7) is 2.17. The Morgan fingerprint density at radius 2 is 1.79 bits per heavy atom. The van der Waals surface area contributed by atoms with Gasteiger partial charge < -0.3 is 5.32 Å². The molecule has 19 heavy (non-hydrogen) atoms. The molecule has 1 aliphatic heterocycles. The number of hydrogen-bond acceptors (Lipinski definition) is 1. The van der Waals surface area contributed by atoms with E-state index in [2.05, 4.69) is 53.8 Å². The quantitative estimate of drug-likeness (QED) is 0.877. The van der Waals surface area contributed by atoms with Gasteiger partial charge in [0.1, 0.15) is 0 Å². The molecule has 2 aromatic rings. The van der Waals surface area contributed by atoms with Gasteiger partial charge >= 0.3 is 0 Å². The fraction of sp³-hybridized carbons (Fsp3) is 0.333. The summed E-state index contributed by atoms with van der Waals surface area (Å²) >= 11 is 0. The third-order valence-corrected chi connectivity index (χ3v) is 3.99. The lowest BCUT2D eigenvalue weighted by molar-refractivity contribution is 0.636. The van der Waals surface area contributed by atoms with Gasteiger partial charge in [0.25, 0.3) is 0 Å². The van der Waals surface area contributed by atoms with E-state index >= 15 is 0 Å². The highest BCUT2D eigenvalue weighted by Gasteiger charge is 2.11. The fourth-order valence-corrected chi connectivity index (χ4v) is 2.97. The van der Waals surface area contributed by atoms with Crippen molar-refractivity contribution >= 4 is 0 Å². The largest absolute Gasteiger partial charge is 0.312 e. The standard InChI is InChI=1S/C18H21N/c1-2-6-15(7-3-1)8-4-9-16-10-5-11-17-14-19-13-12-18(16)17/h1-3,5-7,10-11,19H,4,8-9,12-14H2. The number of rotatable bonds is 4. The van der Waals surface area contributed by atoms with E-state index in [1.165, 1.54) is 36.8 Å². The van der Waals surface area contributed by atoms with Crippen LogP contribution in [-0.4, -0.2) is 6.54 Å². The van der Waals surface area contributed by atoms with Crippen molar-refractivity contribution in [3.8, 4) is 0 Å². The van der Waals surface area contributed by atoms with Gasteiger partial charge in [0.2, 0.25) is 0 Å². The van der Waals surface area contributed by atoms with E-state index in [4.69, 9.17) is 0 Å². The van der Waals surface area contributed by atoms with Gasteiger partial charge in [-0.3, -0.25) is 0 Å². The van der Waals surface area contributed by atoms with E-state index in [9.17, 15) is 0 Å². The molecular formula is C18H21N. The second-order valence-electron chi connectivity index (χ2n) is 5.32. The summed E-state index contributed by atoms with van der Waals surface area (Å²) in [6.07, 6.45) is 4.82. The summed E-state index contributed by atoms with van der Waals surface area (Å²) in [7, 11) is 0. The maximum absolute atomic E-state index is 3.45. The van der Waals surface area contributed by atoms with Gasteiger partial charge in [0.15, 0.2) is 0 Å². The van der Waals surface area contributed by atoms with Crippen LogP contribution in [0, 0.1) is 0 Å². The van der Waals surface area contributed by atoms with Gasteiger partial charge in [-0.25, -0.2) is 0 Å². The van der Waals surface area contributed by atoms with Crippen molar-refractivity contribution in [1.82, 2.24) is 5.32 Å². The van der Waals surface area contributed by atoms with E-state index in [1.807, 2.05) is 0 Å². The monoisotopic (exact) mass is 251 g/mol. The van der Waals surface area contributed by atoms with Crippen LogP contribution >= 0.6 is 0 Å². The Kier molecular flexibility index (Phi) is 3.95. The molecule has 1 nitrogen and oxygen atoms in total. The predicted octanol–water partition coefficient (Wildman–Crippen LogP) is 3.51. The van der Waals surface area contributed by atoms with E-state index in [0.29, 0.717) is 0 Å². The Balaban J connectivity index is 1.64. The third-order valence-electron chi connectivity index (χ3n) is 3.99. The SMILES string of the molecule is c1ccc(CCCc2cccc3c2CCNC3)cc1. The van der Waals surface area contributed by atoms with E-state index in [-0.39, 0.29) is 0 Å². The molecule has 1 heterocycles. The van der Waals surface area contributed by atoms with Crippen LogP contribution in [0.15, 0.2) is 48.5 Å². The van der Waals surface area contributed by atoms with Crippen LogP contribution in [-0.2, 0) is 25.8 Å². The molecule has 0 saturated heterocycles. The second-order valence-corrected chi connectivity index (χ2v) is 5.32. The molecule has 1 aliphatic rings. The molecule has 0 aromatic heterocycles. The molecule has 3 rings (SSSR count). The lowest BCUT2D eigenvalue weighted by Crippen LogP contribution is -2.24. The number of aryl methyl sites for hydroxylation is 2. The highest BCUT2D eigenvalue weighted by Crippen LogP contribution is 2.20. The summed E-state index contributed by atoms with van der Waals surface area (Å²) in [5, 5.41) is 3.45. The highest BCUT2D eigenvalue weighted by molar-refractivity contribution is 5.37. The maximum atomic E-state index is 3.45. The molecule has 98 valence electrons. The minimum Gasteiger partial charge on any atom is -0.312 e. The zero-order chi connectivity index (χ0) is 12.9. The van der Waals surface area contributed by atoms with E-state index in [0.717, 1.165) is 13.1 Å². The first-order valence-electron chi connectivity index (χ1n) is 7.28. The minimum absolute atomic E-state index is 1.04. The summed E-state index contributed by atoms with van der Waals surface area (Å²) < 4.78 is 0. The van der Waals surface area contributed by atoms with Crippen LogP contribution in [0.4, 0.5) is 0 Å². The molecule has 0 radical (unpaired) electrons. The van der Waals surface area contributed by atoms with Crippen molar-refractivity contribution in [3.05, 3.63) is 70.8 Å². The summed E-state index contributed by atoms with van der Waals surface area (Å²) in [5.41, 5.74) is 6.13. The summed E-state index contributed by atoms with van der Waals surface area (Å²) in [5.74, 6) is 0. The Morgan fingerprint density at radius 1 is 0.895 bits per heavy atom. The Hall–Kier alpha value is -1.60. The maximum Gasteiger partial charge on any atom is 0.0208 e. The zero-order valence-corrected chi connectivity index (χ0v) is 11.4. The fourth-order valence-electron chi connectivity index (χ4n) is 2.97. The van der Waals surface area contributed by atoms with Crippen molar-refractivity contribution in [2.45, 2.75) is 32.2 Å². The Labute approximate surface area is 115 Å². The summed E-state index contributed by atoms with van der Waals surface area (Å²) in [6, 6.07) is 17.6. The molecule has 0 atom stereocenters. The Morgan fingerprint density at radius 3 is 2.68 bits per heavy atom. The van der Waals surface area contributed by atoms with Gasteiger partial charge in [0.05, 0.1) is 0 Å². The van der Waals surface area contributed by atoms with Gasteiger partial charge in [-0.2, -0.15) is 0 Å². The molecule has 1 N–H and O–H groups in total. The van der Waals surface area contributed by atoms with Crippen LogP contribution < -0.4 is 5.32 Å². The van der Waals surface area contributed by atoms with E-state index in [1.54, 1.807) is 11.1 Å². The molecule has 2 aromatic carbocycles. The number of fused-ring (bicyclic) bond motifs is 1. The average molecular weight is 251 g/mol. The molecule has 0 aliphatic carbocycles. The second kappa shape index (κ2) is 6.03.